The molecule has 0 bridgehead atoms. The molecule has 0 fully saturated rings. The first kappa shape index (κ1) is 17.7. The van der Waals surface area contributed by atoms with E-state index in [0.717, 1.165) is 0 Å². The minimum Gasteiger partial charge on any atom is -0.197 e. The van der Waals surface area contributed by atoms with Crippen molar-refractivity contribution in [3.8, 4) is 0 Å². The topological polar surface area (TPSA) is 0 Å². The van der Waals surface area contributed by atoms with Gasteiger partial charge in [0.1, 0.15) is 0 Å². The SMILES string of the molecule is CC(C)(C)S.CCCCC.S. The van der Waals surface area contributed by atoms with Gasteiger partial charge in [0.25, 0.3) is 0 Å². The molecule has 0 rings (SSSR count). The van der Waals surface area contributed by atoms with Crippen molar-refractivity contribution in [2.75, 3.05) is 0 Å². The smallest absolute Gasteiger partial charge is 0.00449 e. The molecule has 11 heavy (non-hydrogen) atoms. The average molecular weight is 196 g/mol. The van der Waals surface area contributed by atoms with Gasteiger partial charge in [-0.15, -0.1) is 0 Å². The Bertz CT molecular complexity index is 47.1. The normalized spacial score (nSPS) is 9.27. The van der Waals surface area contributed by atoms with E-state index in [-0.39, 0.29) is 18.2 Å². The van der Waals surface area contributed by atoms with Gasteiger partial charge in [-0.1, -0.05) is 53.9 Å². The van der Waals surface area contributed by atoms with Crippen LogP contribution in [0.3, 0.4) is 0 Å². The van der Waals surface area contributed by atoms with E-state index in [2.05, 4.69) is 47.2 Å². The van der Waals surface area contributed by atoms with Gasteiger partial charge in [-0.2, -0.15) is 26.1 Å². The summed E-state index contributed by atoms with van der Waals surface area (Å²) in [4.78, 5) is 0. The molecule has 0 aliphatic rings. The molecule has 2 heteroatoms. The molecule has 0 nitrogen and oxygen atoms in total. The largest absolute Gasteiger partial charge is 0.197 e. The molecule has 0 atom stereocenters. The Kier molecular flexibility index (Phi) is 17.2. The summed E-state index contributed by atoms with van der Waals surface area (Å²) in [5.74, 6) is 0. The van der Waals surface area contributed by atoms with Crippen molar-refractivity contribution in [2.45, 2.75) is 58.6 Å². The van der Waals surface area contributed by atoms with E-state index in [4.69, 9.17) is 0 Å². The first-order valence-electron chi connectivity index (χ1n) is 4.14. The molecule has 0 heterocycles. The molecule has 0 saturated carbocycles. The molecular formula is C9H24S2. The molecule has 0 N–H and O–H groups in total. The summed E-state index contributed by atoms with van der Waals surface area (Å²) in [6.45, 7) is 10.6. The van der Waals surface area contributed by atoms with Crippen LogP contribution in [0.5, 0.6) is 0 Å². The van der Waals surface area contributed by atoms with Crippen LogP contribution in [0.2, 0.25) is 0 Å². The van der Waals surface area contributed by atoms with Gasteiger partial charge in [-0.05, 0) is 0 Å². The fourth-order valence-corrected chi connectivity index (χ4v) is 0.354. The summed E-state index contributed by atoms with van der Waals surface area (Å²) < 4.78 is 0.194. The van der Waals surface area contributed by atoms with Crippen molar-refractivity contribution in [3.05, 3.63) is 0 Å². The van der Waals surface area contributed by atoms with Crippen LogP contribution in [0.15, 0.2) is 0 Å². The van der Waals surface area contributed by atoms with E-state index in [1.165, 1.54) is 19.3 Å². The summed E-state index contributed by atoms with van der Waals surface area (Å²) in [7, 11) is 0. The van der Waals surface area contributed by atoms with Crippen LogP contribution in [0, 0.1) is 0 Å². The fraction of sp³-hybridized carbons (Fsp3) is 1.00. The summed E-state index contributed by atoms with van der Waals surface area (Å²) >= 11 is 4.12. The lowest BCUT2D eigenvalue weighted by Crippen LogP contribution is -1.99. The minimum absolute atomic E-state index is 0. The highest BCUT2D eigenvalue weighted by Crippen LogP contribution is 2.07. The number of thiol groups is 1. The Morgan fingerprint density at radius 3 is 1.18 bits per heavy atom. The van der Waals surface area contributed by atoms with E-state index in [1.54, 1.807) is 0 Å². The fourth-order valence-electron chi connectivity index (χ4n) is 0.354. The zero-order valence-corrected chi connectivity index (χ0v) is 10.5. The van der Waals surface area contributed by atoms with E-state index >= 15 is 0 Å². The van der Waals surface area contributed by atoms with Crippen LogP contribution in [-0.2, 0) is 0 Å². The van der Waals surface area contributed by atoms with Crippen molar-refractivity contribution in [1.82, 2.24) is 0 Å². The molecule has 0 saturated heterocycles. The summed E-state index contributed by atoms with van der Waals surface area (Å²) in [6.07, 6.45) is 4.08. The third kappa shape index (κ3) is 111. The molecular weight excluding hydrogens is 172 g/mol. The van der Waals surface area contributed by atoms with Gasteiger partial charge >= 0.3 is 0 Å². The predicted octanol–water partition coefficient (Wildman–Crippen LogP) is 4.02. The maximum absolute atomic E-state index is 4.12. The number of hydrogen-bond acceptors (Lipinski definition) is 1. The van der Waals surface area contributed by atoms with Crippen molar-refractivity contribution in [2.24, 2.45) is 0 Å². The minimum atomic E-state index is 0. The predicted molar refractivity (Wildman–Crippen MR) is 64.3 cm³/mol. The molecule has 0 aromatic rings. The van der Waals surface area contributed by atoms with Crippen molar-refractivity contribution < 1.29 is 0 Å². The van der Waals surface area contributed by atoms with Crippen LogP contribution in [0.25, 0.3) is 0 Å². The quantitative estimate of drug-likeness (QED) is 0.634. The second kappa shape index (κ2) is 10.7. The van der Waals surface area contributed by atoms with Gasteiger partial charge < -0.3 is 0 Å². The number of unbranched alkanes of at least 4 members (excludes halogenated alkanes) is 2. The molecule has 0 amide bonds. The van der Waals surface area contributed by atoms with Gasteiger partial charge in [-0.25, -0.2) is 0 Å². The second-order valence-electron chi connectivity index (χ2n) is 3.52. The summed E-state index contributed by atoms with van der Waals surface area (Å²) in [5.41, 5.74) is 0. The average Bonchev–Trinajstić information content (AvgIpc) is 1.63. The molecule has 0 unspecified atom stereocenters. The highest BCUT2D eigenvalue weighted by atomic mass is 32.1. The lowest BCUT2D eigenvalue weighted by Gasteiger charge is -2.04. The third-order valence-electron chi connectivity index (χ3n) is 0.707. The number of hydrogen-bond donors (Lipinski definition) is 1. The van der Waals surface area contributed by atoms with Crippen LogP contribution in [-0.4, -0.2) is 4.75 Å². The van der Waals surface area contributed by atoms with E-state index in [1.807, 2.05) is 0 Å². The molecule has 0 aromatic carbocycles. The van der Waals surface area contributed by atoms with E-state index in [0.29, 0.717) is 0 Å². The van der Waals surface area contributed by atoms with E-state index < -0.39 is 0 Å². The van der Waals surface area contributed by atoms with Gasteiger partial charge in [0, 0.05) is 4.75 Å². The summed E-state index contributed by atoms with van der Waals surface area (Å²) in [6, 6.07) is 0. The Balaban J connectivity index is -0.000000107. The maximum atomic E-state index is 4.12. The Morgan fingerprint density at radius 2 is 1.18 bits per heavy atom. The summed E-state index contributed by atoms with van der Waals surface area (Å²) in [5, 5.41) is 0. The standard InChI is InChI=1S/C5H12.C4H10S.H2S/c1-3-5-4-2;1-4(2,3)5;/h3-5H2,1-2H3;5H,1-3H3;1H2. The zero-order valence-electron chi connectivity index (χ0n) is 8.57. The van der Waals surface area contributed by atoms with Crippen LogP contribution in [0.4, 0.5) is 0 Å². The van der Waals surface area contributed by atoms with Gasteiger partial charge in [0.15, 0.2) is 0 Å². The van der Waals surface area contributed by atoms with Crippen LogP contribution in [0.1, 0.15) is 53.9 Å². The Labute approximate surface area is 85.0 Å². The van der Waals surface area contributed by atoms with Gasteiger partial charge in [0.05, 0.1) is 0 Å². The van der Waals surface area contributed by atoms with E-state index in [9.17, 15) is 0 Å². The van der Waals surface area contributed by atoms with Crippen molar-refractivity contribution in [3.63, 3.8) is 0 Å². The Hall–Kier alpha value is 0.700. The molecule has 0 aliphatic heterocycles. The van der Waals surface area contributed by atoms with Gasteiger partial charge in [-0.3, -0.25) is 0 Å². The van der Waals surface area contributed by atoms with Gasteiger partial charge in [0.2, 0.25) is 0 Å². The lowest BCUT2D eigenvalue weighted by molar-refractivity contribution is 0.772. The monoisotopic (exact) mass is 196 g/mol. The molecule has 0 spiro atoms. The first-order valence-corrected chi connectivity index (χ1v) is 4.59. The zero-order chi connectivity index (χ0) is 8.62. The second-order valence-corrected chi connectivity index (χ2v) is 4.87. The molecule has 0 aromatic heterocycles. The lowest BCUT2D eigenvalue weighted by atomic mass is 10.3. The molecule has 0 aliphatic carbocycles. The van der Waals surface area contributed by atoms with Crippen LogP contribution < -0.4 is 0 Å². The maximum Gasteiger partial charge on any atom is 0.00449 e. The van der Waals surface area contributed by atoms with Crippen molar-refractivity contribution in [1.29, 1.82) is 0 Å². The Morgan fingerprint density at radius 1 is 1.00 bits per heavy atom. The van der Waals surface area contributed by atoms with Crippen LogP contribution >= 0.6 is 26.1 Å². The third-order valence-corrected chi connectivity index (χ3v) is 0.707. The number of rotatable bonds is 2. The first-order chi connectivity index (χ1) is 4.41. The highest BCUT2D eigenvalue weighted by Gasteiger charge is 1.96. The highest BCUT2D eigenvalue weighted by molar-refractivity contribution is 7.81. The molecule has 72 valence electrons. The molecule has 0 radical (unpaired) electrons. The van der Waals surface area contributed by atoms with Crippen molar-refractivity contribution >= 4 is 26.1 Å².